The second-order valence-corrected chi connectivity index (χ2v) is 7.42. The third-order valence-electron chi connectivity index (χ3n) is 5.05. The van der Waals surface area contributed by atoms with Gasteiger partial charge in [-0.3, -0.25) is 14.5 Å². The number of carbonyl (C=O) groups is 2. The van der Waals surface area contributed by atoms with Crippen LogP contribution in [0.25, 0.3) is 0 Å². The van der Waals surface area contributed by atoms with Crippen LogP contribution in [0.5, 0.6) is 0 Å². The second kappa shape index (κ2) is 8.75. The van der Waals surface area contributed by atoms with Crippen molar-refractivity contribution in [2.75, 3.05) is 18.4 Å². The van der Waals surface area contributed by atoms with Crippen molar-refractivity contribution in [1.29, 1.82) is 0 Å². The Morgan fingerprint density at radius 2 is 2.00 bits per heavy atom. The first kappa shape index (κ1) is 20.4. The molecule has 2 amide bonds. The number of likely N-dealkylation sites (tertiary alicyclic amines) is 1. The van der Waals surface area contributed by atoms with Crippen LogP contribution < -0.4 is 10.6 Å². The molecule has 0 bridgehead atoms. The number of aryl methyl sites for hydroxylation is 1. The molecule has 0 saturated carbocycles. The average molecular weight is 408 g/mol. The summed E-state index contributed by atoms with van der Waals surface area (Å²) >= 11 is 5.75. The number of carbonyl (C=O) groups excluding carboxylic acids is 2. The van der Waals surface area contributed by atoms with E-state index in [-0.39, 0.29) is 28.9 Å². The first-order valence-corrected chi connectivity index (χ1v) is 9.58. The molecule has 1 unspecified atom stereocenters. The molecule has 1 aromatic carbocycles. The summed E-state index contributed by atoms with van der Waals surface area (Å²) in [6, 6.07) is 5.53. The third kappa shape index (κ3) is 4.72. The van der Waals surface area contributed by atoms with Gasteiger partial charge in [0.15, 0.2) is 5.76 Å². The number of furan rings is 1. The number of rotatable bonds is 5. The van der Waals surface area contributed by atoms with E-state index in [4.69, 9.17) is 16.0 Å². The molecule has 3 rings (SSSR count). The van der Waals surface area contributed by atoms with E-state index in [1.165, 1.54) is 24.5 Å². The molecule has 6 nitrogen and oxygen atoms in total. The lowest BCUT2D eigenvalue weighted by Gasteiger charge is -2.35. The van der Waals surface area contributed by atoms with Crippen molar-refractivity contribution >= 4 is 29.1 Å². The maximum absolute atomic E-state index is 13.2. The number of nitrogens with zero attached hydrogens (tertiary/aromatic N) is 1. The molecule has 2 aromatic rings. The molecule has 1 atom stereocenters. The number of piperidine rings is 1. The van der Waals surface area contributed by atoms with Crippen LogP contribution in [-0.4, -0.2) is 41.9 Å². The van der Waals surface area contributed by atoms with Gasteiger partial charge in [0.1, 0.15) is 5.82 Å². The first-order chi connectivity index (χ1) is 13.3. The minimum atomic E-state index is -0.526. The second-order valence-electron chi connectivity index (χ2n) is 7.01. The fourth-order valence-corrected chi connectivity index (χ4v) is 3.45. The van der Waals surface area contributed by atoms with Crippen LogP contribution in [-0.2, 0) is 4.79 Å². The normalized spacial score (nSPS) is 16.6. The van der Waals surface area contributed by atoms with Gasteiger partial charge in [-0.2, -0.15) is 0 Å². The Kier molecular flexibility index (Phi) is 6.36. The van der Waals surface area contributed by atoms with Crippen molar-refractivity contribution in [2.45, 2.75) is 38.8 Å². The minimum absolute atomic E-state index is 0.0335. The lowest BCUT2D eigenvalue weighted by Crippen LogP contribution is -2.50. The molecule has 28 heavy (non-hydrogen) atoms. The summed E-state index contributed by atoms with van der Waals surface area (Å²) in [7, 11) is 0. The number of hydrogen-bond acceptors (Lipinski definition) is 4. The van der Waals surface area contributed by atoms with E-state index in [0.29, 0.717) is 24.5 Å². The van der Waals surface area contributed by atoms with Crippen LogP contribution in [0.15, 0.2) is 34.9 Å². The Hall–Kier alpha value is -2.38. The summed E-state index contributed by atoms with van der Waals surface area (Å²) in [6.45, 7) is 5.02. The van der Waals surface area contributed by atoms with E-state index < -0.39 is 5.82 Å². The SMILES string of the molecule is Cc1ccoc1C(=O)NC1CCN(C(C)C(=O)Nc2ccc(F)c(Cl)c2)CC1. The first-order valence-electron chi connectivity index (χ1n) is 9.20. The number of nitrogens with one attached hydrogen (secondary N) is 2. The van der Waals surface area contributed by atoms with Gasteiger partial charge in [0.2, 0.25) is 5.91 Å². The number of benzene rings is 1. The van der Waals surface area contributed by atoms with Crippen LogP contribution in [0.1, 0.15) is 35.9 Å². The summed E-state index contributed by atoms with van der Waals surface area (Å²) in [4.78, 5) is 26.8. The van der Waals surface area contributed by atoms with Crippen molar-refractivity contribution in [2.24, 2.45) is 0 Å². The van der Waals surface area contributed by atoms with Crippen LogP contribution in [0, 0.1) is 12.7 Å². The number of amides is 2. The molecule has 8 heteroatoms. The lowest BCUT2D eigenvalue weighted by atomic mass is 10.0. The minimum Gasteiger partial charge on any atom is -0.459 e. The zero-order chi connectivity index (χ0) is 20.3. The highest BCUT2D eigenvalue weighted by Gasteiger charge is 2.28. The maximum Gasteiger partial charge on any atom is 0.287 e. The summed E-state index contributed by atoms with van der Waals surface area (Å²) < 4.78 is 18.5. The summed E-state index contributed by atoms with van der Waals surface area (Å²) in [5, 5.41) is 5.72. The molecule has 2 heterocycles. The molecule has 1 aliphatic heterocycles. The van der Waals surface area contributed by atoms with Gasteiger partial charge in [-0.05, 0) is 51.0 Å². The Labute approximate surface area is 168 Å². The lowest BCUT2D eigenvalue weighted by molar-refractivity contribution is -0.121. The molecule has 1 fully saturated rings. The molecule has 0 spiro atoms. The third-order valence-corrected chi connectivity index (χ3v) is 5.34. The summed E-state index contributed by atoms with van der Waals surface area (Å²) in [5.74, 6) is -0.578. The van der Waals surface area contributed by atoms with Crippen LogP contribution >= 0.6 is 11.6 Å². The largest absolute Gasteiger partial charge is 0.459 e. The smallest absolute Gasteiger partial charge is 0.287 e. The Morgan fingerprint density at radius 1 is 1.29 bits per heavy atom. The fourth-order valence-electron chi connectivity index (χ4n) is 3.27. The van der Waals surface area contributed by atoms with E-state index in [0.717, 1.165) is 18.4 Å². The Morgan fingerprint density at radius 3 is 2.61 bits per heavy atom. The van der Waals surface area contributed by atoms with Crippen molar-refractivity contribution in [3.05, 3.63) is 52.7 Å². The van der Waals surface area contributed by atoms with E-state index in [2.05, 4.69) is 15.5 Å². The van der Waals surface area contributed by atoms with Crippen molar-refractivity contribution in [3.8, 4) is 0 Å². The van der Waals surface area contributed by atoms with Gasteiger partial charge < -0.3 is 15.1 Å². The van der Waals surface area contributed by atoms with Gasteiger partial charge in [0, 0.05) is 30.4 Å². The average Bonchev–Trinajstić information content (AvgIpc) is 3.11. The molecule has 0 radical (unpaired) electrons. The molecule has 1 aliphatic rings. The number of halogens is 2. The molecule has 2 N–H and O–H groups in total. The van der Waals surface area contributed by atoms with Crippen LogP contribution in [0.3, 0.4) is 0 Å². The summed E-state index contributed by atoms with van der Waals surface area (Å²) in [5.41, 5.74) is 1.26. The van der Waals surface area contributed by atoms with Crippen molar-refractivity contribution < 1.29 is 18.4 Å². The van der Waals surface area contributed by atoms with Crippen molar-refractivity contribution in [3.63, 3.8) is 0 Å². The van der Waals surface area contributed by atoms with Crippen molar-refractivity contribution in [1.82, 2.24) is 10.2 Å². The maximum atomic E-state index is 13.2. The molecule has 150 valence electrons. The molecular formula is C20H23ClFN3O3. The fraction of sp³-hybridized carbons (Fsp3) is 0.400. The van der Waals surface area contributed by atoms with E-state index in [9.17, 15) is 14.0 Å². The van der Waals surface area contributed by atoms with E-state index in [1.54, 1.807) is 6.07 Å². The number of hydrogen-bond donors (Lipinski definition) is 2. The molecular weight excluding hydrogens is 385 g/mol. The highest BCUT2D eigenvalue weighted by atomic mass is 35.5. The predicted octanol–water partition coefficient (Wildman–Crippen LogP) is 3.60. The Balaban J connectivity index is 1.49. The van der Waals surface area contributed by atoms with Gasteiger partial charge in [0.25, 0.3) is 5.91 Å². The highest BCUT2D eigenvalue weighted by Crippen LogP contribution is 2.21. The van der Waals surface area contributed by atoms with Crippen LogP contribution in [0.2, 0.25) is 5.02 Å². The zero-order valence-corrected chi connectivity index (χ0v) is 16.6. The van der Waals surface area contributed by atoms with E-state index >= 15 is 0 Å². The standard InChI is InChI=1S/C20H23ClFN3O3/c1-12-7-10-28-18(12)20(27)23-14-5-8-25(9-6-14)13(2)19(26)24-15-3-4-17(22)16(21)11-15/h3-4,7,10-11,13-14H,5-6,8-9H2,1-2H3,(H,23,27)(H,24,26). The topological polar surface area (TPSA) is 74.6 Å². The molecule has 1 aromatic heterocycles. The van der Waals surface area contributed by atoms with E-state index in [1.807, 2.05) is 13.8 Å². The predicted molar refractivity (Wildman–Crippen MR) is 105 cm³/mol. The molecule has 0 aliphatic carbocycles. The highest BCUT2D eigenvalue weighted by molar-refractivity contribution is 6.31. The van der Waals surface area contributed by atoms with Gasteiger partial charge in [-0.25, -0.2) is 4.39 Å². The van der Waals surface area contributed by atoms with Gasteiger partial charge in [-0.1, -0.05) is 11.6 Å². The zero-order valence-electron chi connectivity index (χ0n) is 15.8. The van der Waals surface area contributed by atoms with Crippen LogP contribution in [0.4, 0.5) is 10.1 Å². The quantitative estimate of drug-likeness (QED) is 0.794. The summed E-state index contributed by atoms with van der Waals surface area (Å²) in [6.07, 6.45) is 2.98. The van der Waals surface area contributed by atoms with Gasteiger partial charge >= 0.3 is 0 Å². The van der Waals surface area contributed by atoms with Gasteiger partial charge in [0.05, 0.1) is 17.3 Å². The van der Waals surface area contributed by atoms with Gasteiger partial charge in [-0.15, -0.1) is 0 Å². The molecule has 1 saturated heterocycles. The number of anilines is 1. The Bertz CT molecular complexity index is 862. The monoisotopic (exact) mass is 407 g/mol.